The van der Waals surface area contributed by atoms with Crippen LogP contribution in [0, 0.1) is 0 Å². The lowest BCUT2D eigenvalue weighted by Gasteiger charge is -2.33. The molecule has 1 unspecified atom stereocenters. The van der Waals surface area contributed by atoms with Gasteiger partial charge in [0.25, 0.3) is 0 Å². The maximum absolute atomic E-state index is 5.73. The molecule has 5 nitrogen and oxygen atoms in total. The van der Waals surface area contributed by atoms with Crippen LogP contribution in [0.4, 0.5) is 0 Å². The molecule has 1 saturated heterocycles. The van der Waals surface area contributed by atoms with Crippen LogP contribution in [0.25, 0.3) is 0 Å². The first kappa shape index (κ1) is 13.7. The number of hydrogen-bond acceptors (Lipinski definition) is 6. The summed E-state index contributed by atoms with van der Waals surface area (Å²) in [7, 11) is 0. The summed E-state index contributed by atoms with van der Waals surface area (Å²) in [4.78, 5) is 6.89. The summed E-state index contributed by atoms with van der Waals surface area (Å²) in [6.45, 7) is 5.93. The van der Waals surface area contributed by atoms with Gasteiger partial charge < -0.3 is 4.42 Å². The Morgan fingerprint density at radius 1 is 1.40 bits per heavy atom. The zero-order valence-corrected chi connectivity index (χ0v) is 12.8. The minimum absolute atomic E-state index is 0.285. The summed E-state index contributed by atoms with van der Waals surface area (Å²) in [5.41, 5.74) is 0. The van der Waals surface area contributed by atoms with Crippen LogP contribution in [0.2, 0.25) is 0 Å². The summed E-state index contributed by atoms with van der Waals surface area (Å²) in [5, 5.41) is 11.5. The molecule has 1 atom stereocenters. The molecule has 1 aliphatic heterocycles. The fourth-order valence-electron chi connectivity index (χ4n) is 2.60. The standard InChI is InChI=1S/C14H20N4OS/c1-10(2)13-17-16-12(19-13)9-18-7-4-3-5-11(18)14-15-6-8-20-14/h6,8,10-11H,3-5,7,9H2,1-2H3. The van der Waals surface area contributed by atoms with E-state index in [0.717, 1.165) is 24.9 Å². The average Bonchev–Trinajstić information content (AvgIpc) is 3.10. The van der Waals surface area contributed by atoms with Crippen molar-refractivity contribution in [3.05, 3.63) is 28.4 Å². The lowest BCUT2D eigenvalue weighted by atomic mass is 10.0. The van der Waals surface area contributed by atoms with E-state index >= 15 is 0 Å². The van der Waals surface area contributed by atoms with E-state index in [-0.39, 0.29) is 5.92 Å². The number of rotatable bonds is 4. The summed E-state index contributed by atoms with van der Waals surface area (Å²) < 4.78 is 5.73. The van der Waals surface area contributed by atoms with Crippen LogP contribution >= 0.6 is 11.3 Å². The SMILES string of the molecule is CC(C)c1nnc(CN2CCCCC2c2nccs2)o1. The molecule has 2 aromatic rings. The van der Waals surface area contributed by atoms with Crippen molar-refractivity contribution in [1.29, 1.82) is 0 Å². The van der Waals surface area contributed by atoms with Crippen molar-refractivity contribution in [2.75, 3.05) is 6.54 Å². The van der Waals surface area contributed by atoms with Crippen molar-refractivity contribution >= 4 is 11.3 Å². The third kappa shape index (κ3) is 2.91. The van der Waals surface area contributed by atoms with E-state index in [2.05, 4.69) is 33.9 Å². The Hall–Kier alpha value is -1.27. The van der Waals surface area contributed by atoms with Crippen LogP contribution in [-0.2, 0) is 6.54 Å². The van der Waals surface area contributed by atoms with Gasteiger partial charge in [-0.2, -0.15) is 0 Å². The van der Waals surface area contributed by atoms with Crippen LogP contribution in [0.3, 0.4) is 0 Å². The topological polar surface area (TPSA) is 55.1 Å². The Labute approximate surface area is 123 Å². The van der Waals surface area contributed by atoms with Crippen molar-refractivity contribution in [1.82, 2.24) is 20.1 Å². The van der Waals surface area contributed by atoms with E-state index in [9.17, 15) is 0 Å². The molecule has 0 amide bonds. The summed E-state index contributed by atoms with van der Waals surface area (Å²) >= 11 is 1.73. The monoisotopic (exact) mass is 292 g/mol. The van der Waals surface area contributed by atoms with E-state index in [1.165, 1.54) is 24.3 Å². The molecule has 1 aliphatic rings. The predicted octanol–water partition coefficient (Wildman–Crippen LogP) is 3.38. The number of nitrogens with zero attached hydrogens (tertiary/aromatic N) is 4. The second kappa shape index (κ2) is 6.01. The zero-order chi connectivity index (χ0) is 13.9. The summed E-state index contributed by atoms with van der Waals surface area (Å²) in [5.74, 6) is 1.73. The van der Waals surface area contributed by atoms with E-state index in [0.29, 0.717) is 6.04 Å². The predicted molar refractivity (Wildman–Crippen MR) is 77.5 cm³/mol. The van der Waals surface area contributed by atoms with Gasteiger partial charge in [-0.25, -0.2) is 4.98 Å². The molecule has 6 heteroatoms. The molecule has 0 radical (unpaired) electrons. The highest BCUT2D eigenvalue weighted by atomic mass is 32.1. The first-order valence-corrected chi connectivity index (χ1v) is 8.07. The molecule has 1 fully saturated rings. The minimum Gasteiger partial charge on any atom is -0.424 e. The fraction of sp³-hybridized carbons (Fsp3) is 0.643. The van der Waals surface area contributed by atoms with Gasteiger partial charge in [0.1, 0.15) is 5.01 Å². The number of aromatic nitrogens is 3. The Morgan fingerprint density at radius 2 is 2.30 bits per heavy atom. The molecular formula is C14H20N4OS. The number of hydrogen-bond donors (Lipinski definition) is 0. The van der Waals surface area contributed by atoms with Crippen LogP contribution in [0.15, 0.2) is 16.0 Å². The molecule has 0 aromatic carbocycles. The van der Waals surface area contributed by atoms with Gasteiger partial charge in [0.2, 0.25) is 11.8 Å². The van der Waals surface area contributed by atoms with Gasteiger partial charge in [-0.05, 0) is 19.4 Å². The molecule has 0 bridgehead atoms. The lowest BCUT2D eigenvalue weighted by Crippen LogP contribution is -2.33. The van der Waals surface area contributed by atoms with Gasteiger partial charge in [0, 0.05) is 17.5 Å². The Kier molecular flexibility index (Phi) is 4.12. The van der Waals surface area contributed by atoms with Crippen LogP contribution in [0.1, 0.15) is 61.9 Å². The molecule has 3 heterocycles. The third-order valence-electron chi connectivity index (χ3n) is 3.66. The fourth-order valence-corrected chi connectivity index (χ4v) is 3.40. The van der Waals surface area contributed by atoms with Gasteiger partial charge in [0.15, 0.2) is 0 Å². The zero-order valence-electron chi connectivity index (χ0n) is 12.0. The van der Waals surface area contributed by atoms with Crippen molar-refractivity contribution in [2.24, 2.45) is 0 Å². The van der Waals surface area contributed by atoms with E-state index in [4.69, 9.17) is 4.42 Å². The molecule has 0 saturated carbocycles. The van der Waals surface area contributed by atoms with Crippen molar-refractivity contribution in [3.8, 4) is 0 Å². The minimum atomic E-state index is 0.285. The van der Waals surface area contributed by atoms with Crippen LogP contribution < -0.4 is 0 Å². The second-order valence-electron chi connectivity index (χ2n) is 5.54. The quantitative estimate of drug-likeness (QED) is 0.864. The summed E-state index contributed by atoms with van der Waals surface area (Å²) in [6, 6.07) is 0.401. The number of likely N-dealkylation sites (tertiary alicyclic amines) is 1. The molecular weight excluding hydrogens is 272 g/mol. The highest BCUT2D eigenvalue weighted by Gasteiger charge is 2.27. The molecule has 20 heavy (non-hydrogen) atoms. The molecule has 108 valence electrons. The van der Waals surface area contributed by atoms with E-state index in [1.807, 2.05) is 11.6 Å². The van der Waals surface area contributed by atoms with Gasteiger partial charge in [-0.1, -0.05) is 20.3 Å². The maximum atomic E-state index is 5.73. The average molecular weight is 292 g/mol. The van der Waals surface area contributed by atoms with E-state index < -0.39 is 0 Å². The van der Waals surface area contributed by atoms with Crippen molar-refractivity contribution in [2.45, 2.75) is 51.6 Å². The smallest absolute Gasteiger partial charge is 0.230 e. The highest BCUT2D eigenvalue weighted by molar-refractivity contribution is 7.09. The maximum Gasteiger partial charge on any atom is 0.230 e. The van der Waals surface area contributed by atoms with E-state index in [1.54, 1.807) is 11.3 Å². The Morgan fingerprint density at radius 3 is 3.00 bits per heavy atom. The second-order valence-corrected chi connectivity index (χ2v) is 6.47. The van der Waals surface area contributed by atoms with Gasteiger partial charge >= 0.3 is 0 Å². The molecule has 3 rings (SSSR count). The molecule has 0 aliphatic carbocycles. The largest absolute Gasteiger partial charge is 0.424 e. The van der Waals surface area contributed by atoms with Gasteiger partial charge in [-0.15, -0.1) is 21.5 Å². The van der Waals surface area contributed by atoms with Gasteiger partial charge in [0.05, 0.1) is 12.6 Å². The Balaban J connectivity index is 1.73. The molecule has 0 spiro atoms. The molecule has 2 aromatic heterocycles. The first-order chi connectivity index (χ1) is 9.74. The lowest BCUT2D eigenvalue weighted by molar-refractivity contribution is 0.126. The number of piperidine rings is 1. The van der Waals surface area contributed by atoms with Crippen LogP contribution in [0.5, 0.6) is 0 Å². The highest BCUT2D eigenvalue weighted by Crippen LogP contribution is 2.33. The number of thiazole rings is 1. The Bertz CT molecular complexity index is 537. The molecule has 0 N–H and O–H groups in total. The first-order valence-electron chi connectivity index (χ1n) is 7.19. The van der Waals surface area contributed by atoms with Crippen LogP contribution in [-0.4, -0.2) is 26.6 Å². The van der Waals surface area contributed by atoms with Crippen molar-refractivity contribution in [3.63, 3.8) is 0 Å². The van der Waals surface area contributed by atoms with Crippen molar-refractivity contribution < 1.29 is 4.42 Å². The van der Waals surface area contributed by atoms with Gasteiger partial charge in [-0.3, -0.25) is 4.90 Å². The third-order valence-corrected chi connectivity index (χ3v) is 4.54. The normalized spacial score (nSPS) is 20.6. The summed E-state index contributed by atoms with van der Waals surface area (Å²) in [6.07, 6.45) is 5.55.